The molecule has 0 atom stereocenters. The van der Waals surface area contributed by atoms with Gasteiger partial charge in [0.15, 0.2) is 0 Å². The molecule has 138 valence electrons. The molecule has 0 radical (unpaired) electrons. The van der Waals surface area contributed by atoms with Gasteiger partial charge in [-0.25, -0.2) is 9.66 Å². The maximum atomic E-state index is 11.8. The summed E-state index contributed by atoms with van der Waals surface area (Å²) in [7, 11) is 0. The Morgan fingerprint density at radius 1 is 1.35 bits per heavy atom. The van der Waals surface area contributed by atoms with Crippen LogP contribution in [0.2, 0.25) is 0 Å². The van der Waals surface area contributed by atoms with Crippen molar-refractivity contribution in [2.24, 2.45) is 11.0 Å². The predicted octanol–water partition coefficient (Wildman–Crippen LogP) is 2.44. The number of carbonyl (C=O) groups excluding carboxylic acids is 1. The number of piperidine rings is 1. The van der Waals surface area contributed by atoms with E-state index in [4.69, 9.17) is 10.5 Å². The maximum Gasteiger partial charge on any atom is 0.309 e. The van der Waals surface area contributed by atoms with Crippen LogP contribution in [0.25, 0.3) is 0 Å². The SMILES string of the molecule is CCOC(=O)C1CCN(c2ccc(C=Nn3cc(C)nc3N)cc2)CC1. The monoisotopic (exact) mass is 355 g/mol. The molecule has 0 aliphatic carbocycles. The Kier molecular flexibility index (Phi) is 5.55. The lowest BCUT2D eigenvalue weighted by Crippen LogP contribution is -2.36. The van der Waals surface area contributed by atoms with Crippen molar-refractivity contribution in [2.45, 2.75) is 26.7 Å². The molecule has 0 bridgehead atoms. The first-order valence-corrected chi connectivity index (χ1v) is 8.94. The number of nitrogens with two attached hydrogens (primary N) is 1. The third-order valence-corrected chi connectivity index (χ3v) is 4.54. The van der Waals surface area contributed by atoms with Crippen LogP contribution in [0.3, 0.4) is 0 Å². The number of aryl methyl sites for hydroxylation is 1. The number of benzene rings is 1. The summed E-state index contributed by atoms with van der Waals surface area (Å²) in [6.45, 7) is 5.90. The number of nitrogens with zero attached hydrogens (tertiary/aromatic N) is 4. The minimum atomic E-state index is -0.0623. The van der Waals surface area contributed by atoms with E-state index in [1.807, 2.05) is 26.0 Å². The number of hydrogen-bond acceptors (Lipinski definition) is 6. The van der Waals surface area contributed by atoms with E-state index in [9.17, 15) is 4.79 Å². The second-order valence-corrected chi connectivity index (χ2v) is 6.43. The third-order valence-electron chi connectivity index (χ3n) is 4.54. The van der Waals surface area contributed by atoms with E-state index in [0.717, 1.165) is 42.9 Å². The van der Waals surface area contributed by atoms with E-state index in [-0.39, 0.29) is 11.9 Å². The van der Waals surface area contributed by atoms with Crippen molar-refractivity contribution in [3.63, 3.8) is 0 Å². The van der Waals surface area contributed by atoms with Gasteiger partial charge in [-0.15, -0.1) is 0 Å². The van der Waals surface area contributed by atoms with Crippen LogP contribution in [-0.4, -0.2) is 41.5 Å². The summed E-state index contributed by atoms with van der Waals surface area (Å²) in [4.78, 5) is 18.2. The fraction of sp³-hybridized carbons (Fsp3) is 0.421. The number of hydrogen-bond donors (Lipinski definition) is 1. The van der Waals surface area contributed by atoms with E-state index in [2.05, 4.69) is 27.1 Å². The number of nitrogen functional groups attached to an aromatic ring is 1. The molecule has 1 aliphatic rings. The Morgan fingerprint density at radius 3 is 2.62 bits per heavy atom. The largest absolute Gasteiger partial charge is 0.466 e. The zero-order chi connectivity index (χ0) is 18.5. The highest BCUT2D eigenvalue weighted by Gasteiger charge is 2.25. The van der Waals surface area contributed by atoms with Crippen molar-refractivity contribution in [1.29, 1.82) is 0 Å². The van der Waals surface area contributed by atoms with Gasteiger partial charge in [0.1, 0.15) is 0 Å². The standard InChI is InChI=1S/C19H25N5O2/c1-3-26-18(25)16-8-10-23(11-9-16)17-6-4-15(5-7-17)12-21-24-13-14(2)22-19(24)20/h4-7,12-13,16H,3,8-11H2,1-2H3,(H2,20,22). The third kappa shape index (κ3) is 4.22. The van der Waals surface area contributed by atoms with Crippen LogP contribution < -0.4 is 10.6 Å². The number of esters is 1. The van der Waals surface area contributed by atoms with Gasteiger partial charge in [-0.3, -0.25) is 4.79 Å². The molecule has 0 spiro atoms. The molecule has 0 saturated carbocycles. The zero-order valence-corrected chi connectivity index (χ0v) is 15.3. The van der Waals surface area contributed by atoms with E-state index < -0.39 is 0 Å². The molecule has 2 heterocycles. The molecule has 1 aromatic carbocycles. The summed E-state index contributed by atoms with van der Waals surface area (Å²) < 4.78 is 6.68. The first-order valence-electron chi connectivity index (χ1n) is 8.94. The first kappa shape index (κ1) is 18.0. The number of aromatic nitrogens is 2. The highest BCUT2D eigenvalue weighted by atomic mass is 16.5. The number of ether oxygens (including phenoxy) is 1. The molecule has 2 N–H and O–H groups in total. The van der Waals surface area contributed by atoms with Gasteiger partial charge in [0.05, 0.1) is 30.6 Å². The minimum Gasteiger partial charge on any atom is -0.466 e. The van der Waals surface area contributed by atoms with Crippen molar-refractivity contribution < 1.29 is 9.53 Å². The molecule has 1 fully saturated rings. The van der Waals surface area contributed by atoms with Crippen molar-refractivity contribution in [2.75, 3.05) is 30.3 Å². The Labute approximate surface area is 153 Å². The molecular formula is C19H25N5O2. The molecule has 0 unspecified atom stereocenters. The number of rotatable bonds is 5. The minimum absolute atomic E-state index is 0.0294. The molecule has 7 nitrogen and oxygen atoms in total. The van der Waals surface area contributed by atoms with Gasteiger partial charge in [-0.1, -0.05) is 12.1 Å². The summed E-state index contributed by atoms with van der Waals surface area (Å²) in [5.74, 6) is 0.342. The van der Waals surface area contributed by atoms with Gasteiger partial charge in [-0.05, 0) is 44.4 Å². The van der Waals surface area contributed by atoms with E-state index in [1.54, 1.807) is 17.1 Å². The quantitative estimate of drug-likeness (QED) is 0.658. The van der Waals surface area contributed by atoms with E-state index in [0.29, 0.717) is 12.6 Å². The Morgan fingerprint density at radius 2 is 2.04 bits per heavy atom. The Balaban J connectivity index is 1.58. The second-order valence-electron chi connectivity index (χ2n) is 6.43. The van der Waals surface area contributed by atoms with Crippen LogP contribution in [0.5, 0.6) is 0 Å². The molecule has 0 amide bonds. The Bertz CT molecular complexity index is 774. The summed E-state index contributed by atoms with van der Waals surface area (Å²) in [6, 6.07) is 8.20. The normalized spacial score (nSPS) is 15.5. The molecule has 7 heteroatoms. The fourth-order valence-corrected chi connectivity index (χ4v) is 3.13. The summed E-state index contributed by atoms with van der Waals surface area (Å²) in [6.07, 6.45) is 5.21. The second kappa shape index (κ2) is 8.03. The molecule has 2 aromatic rings. The van der Waals surface area contributed by atoms with Crippen LogP contribution in [0, 0.1) is 12.8 Å². The van der Waals surface area contributed by atoms with Gasteiger partial charge < -0.3 is 15.4 Å². The van der Waals surface area contributed by atoms with Crippen LogP contribution in [0.4, 0.5) is 11.6 Å². The predicted molar refractivity (Wildman–Crippen MR) is 102 cm³/mol. The van der Waals surface area contributed by atoms with Crippen LogP contribution >= 0.6 is 0 Å². The Hall–Kier alpha value is -2.83. The lowest BCUT2D eigenvalue weighted by atomic mass is 9.96. The average Bonchev–Trinajstić information content (AvgIpc) is 2.98. The molecule has 26 heavy (non-hydrogen) atoms. The van der Waals surface area contributed by atoms with Gasteiger partial charge in [0.2, 0.25) is 5.95 Å². The van der Waals surface area contributed by atoms with E-state index in [1.165, 1.54) is 0 Å². The topological polar surface area (TPSA) is 85.7 Å². The fourth-order valence-electron chi connectivity index (χ4n) is 3.13. The summed E-state index contributed by atoms with van der Waals surface area (Å²) in [5.41, 5.74) is 8.75. The number of anilines is 2. The van der Waals surface area contributed by atoms with E-state index >= 15 is 0 Å². The van der Waals surface area contributed by atoms with Gasteiger partial charge >= 0.3 is 5.97 Å². The maximum absolute atomic E-state index is 11.8. The van der Waals surface area contributed by atoms with Crippen LogP contribution in [-0.2, 0) is 9.53 Å². The molecule has 1 aliphatic heterocycles. The lowest BCUT2D eigenvalue weighted by Gasteiger charge is -2.32. The number of carbonyl (C=O) groups is 1. The average molecular weight is 355 g/mol. The molecule has 1 saturated heterocycles. The highest BCUT2D eigenvalue weighted by Crippen LogP contribution is 2.24. The first-order chi connectivity index (χ1) is 12.6. The lowest BCUT2D eigenvalue weighted by molar-refractivity contribution is -0.148. The van der Waals surface area contributed by atoms with Crippen molar-refractivity contribution in [3.05, 3.63) is 41.7 Å². The molecular weight excluding hydrogens is 330 g/mol. The summed E-state index contributed by atoms with van der Waals surface area (Å²) >= 11 is 0. The van der Waals surface area contributed by atoms with Crippen LogP contribution in [0.1, 0.15) is 31.0 Å². The van der Waals surface area contributed by atoms with Crippen molar-refractivity contribution >= 4 is 23.8 Å². The number of imidazole rings is 1. The van der Waals surface area contributed by atoms with Crippen molar-refractivity contribution in [1.82, 2.24) is 9.66 Å². The smallest absolute Gasteiger partial charge is 0.309 e. The van der Waals surface area contributed by atoms with Gasteiger partial charge in [0.25, 0.3) is 0 Å². The van der Waals surface area contributed by atoms with Crippen molar-refractivity contribution in [3.8, 4) is 0 Å². The molecule has 1 aromatic heterocycles. The zero-order valence-electron chi connectivity index (χ0n) is 15.3. The highest BCUT2D eigenvalue weighted by molar-refractivity contribution is 5.80. The van der Waals surface area contributed by atoms with Gasteiger partial charge in [0, 0.05) is 18.8 Å². The van der Waals surface area contributed by atoms with Crippen LogP contribution in [0.15, 0.2) is 35.6 Å². The van der Waals surface area contributed by atoms with Gasteiger partial charge in [-0.2, -0.15) is 5.10 Å². The molecule has 3 rings (SSSR count). The summed E-state index contributed by atoms with van der Waals surface area (Å²) in [5, 5.41) is 4.33.